The molecule has 3 atom stereocenters. The fourth-order valence-corrected chi connectivity index (χ4v) is 12.6. The number of methoxy groups -OCH3 is 2. The number of carbonyl (C=O) groups excluding carboxylic acids is 3. The van der Waals surface area contributed by atoms with Crippen molar-refractivity contribution in [1.29, 1.82) is 0 Å². The van der Waals surface area contributed by atoms with Gasteiger partial charge in [-0.15, -0.1) is 0 Å². The predicted molar refractivity (Wildman–Crippen MR) is 300 cm³/mol. The van der Waals surface area contributed by atoms with Gasteiger partial charge in [0, 0.05) is 61.8 Å². The number of nitro benzene ring substituents is 1. The molecule has 2 aromatic heterocycles. The van der Waals surface area contributed by atoms with Crippen molar-refractivity contribution in [2.24, 2.45) is 17.3 Å². The Morgan fingerprint density at radius 2 is 1.53 bits per heavy atom. The van der Waals surface area contributed by atoms with Gasteiger partial charge < -0.3 is 25.4 Å². The number of carbonyl (C=O) groups is 3. The zero-order valence-electron chi connectivity index (χ0n) is 46.4. The first kappa shape index (κ1) is 58.8. The first-order valence-electron chi connectivity index (χ1n) is 27.6. The molecule has 3 N–H and O–H groups in total. The number of nitrogens with zero attached hydrogens (tertiary/aromatic N) is 5. The molecule has 5 aromatic rings. The van der Waals surface area contributed by atoms with E-state index in [9.17, 15) is 32.9 Å². The Morgan fingerprint density at radius 3 is 2.21 bits per heavy atom. The van der Waals surface area contributed by atoms with E-state index >= 15 is 0 Å². The predicted octanol–water partition coefficient (Wildman–Crippen LogP) is 11.4. The topological polar surface area (TPSA) is 238 Å². The van der Waals surface area contributed by atoms with Crippen LogP contribution in [0.2, 0.25) is 0 Å². The van der Waals surface area contributed by atoms with Crippen LogP contribution in [0.25, 0.3) is 11.0 Å². The van der Waals surface area contributed by atoms with Crippen molar-refractivity contribution >= 4 is 50.2 Å². The maximum absolute atomic E-state index is 14.0. The normalized spacial score (nSPS) is 16.7. The highest BCUT2D eigenvalue weighted by Crippen LogP contribution is 2.65. The van der Waals surface area contributed by atoms with E-state index < -0.39 is 20.9 Å². The number of non-ortho nitro benzene ring substituents is 1. The summed E-state index contributed by atoms with van der Waals surface area (Å²) in [4.78, 5) is 54.8. The quantitative estimate of drug-likeness (QED) is 0.0162. The van der Waals surface area contributed by atoms with E-state index in [1.54, 1.807) is 32.4 Å². The second-order valence-corrected chi connectivity index (χ2v) is 23.9. The number of amides is 3. The van der Waals surface area contributed by atoms with Crippen LogP contribution in [0.4, 0.5) is 11.4 Å². The minimum atomic E-state index is -4.34. The van der Waals surface area contributed by atoms with Gasteiger partial charge in [-0.25, -0.2) is 17.4 Å². The minimum Gasteiger partial charge on any atom is -0.496 e. The third-order valence-electron chi connectivity index (χ3n) is 16.0. The molecule has 1 saturated carbocycles. The van der Waals surface area contributed by atoms with Gasteiger partial charge in [0.15, 0.2) is 5.52 Å². The van der Waals surface area contributed by atoms with Crippen molar-refractivity contribution < 1.29 is 41.8 Å². The Kier molecular flexibility index (Phi) is 20.1. The summed E-state index contributed by atoms with van der Waals surface area (Å²) in [6, 6.07) is 17.9. The minimum absolute atomic E-state index is 0.0205. The number of hydrogen-bond donors (Lipinski definition) is 3. The Labute approximate surface area is 459 Å². The molecule has 3 aliphatic rings. The first-order valence-corrected chi connectivity index (χ1v) is 29.1. The number of rotatable bonds is 31. The standard InChI is InChI=1S/C59H78N8O10S/c1-8-9-10-17-30-58(2,3)42-35-50(75-6)54(51(36-42)76-7)45-34-41(46-37-47(45)59(46,4)5)38-63-52(68)22-14-11-12-18-33-62-57(70)40-24-26-44(27-25-40)78(73,74)66(39-43-21-16-20-31-60-43)53(69)23-15-13-19-32-61-48-28-29-49(67(71)72)56-55(48)64-77-65-56/h16,20-21,24-29,31,34-36,45-47,61H,8-15,17-19,22-23,30,32-33,37-39H2,1-7H3,(H,62,70)(H,63,68)/t45-,46+,47-/m0/s1. The first-order chi connectivity index (χ1) is 37.4. The third-order valence-corrected chi connectivity index (χ3v) is 17.8. The van der Waals surface area contributed by atoms with Crippen molar-refractivity contribution in [1.82, 2.24) is 30.2 Å². The van der Waals surface area contributed by atoms with Gasteiger partial charge in [-0.3, -0.25) is 29.5 Å². The second-order valence-electron chi connectivity index (χ2n) is 22.0. The lowest BCUT2D eigenvalue weighted by atomic mass is 9.45. The van der Waals surface area contributed by atoms with E-state index in [0.717, 1.165) is 53.5 Å². The van der Waals surface area contributed by atoms with Crippen molar-refractivity contribution in [3.05, 3.63) is 117 Å². The smallest absolute Gasteiger partial charge is 0.300 e. The van der Waals surface area contributed by atoms with E-state index in [2.05, 4.69) is 84.1 Å². The number of nitro groups is 1. The second kappa shape index (κ2) is 26.6. The lowest BCUT2D eigenvalue weighted by Gasteiger charge is -2.59. The number of fused-ring (bicyclic) bond motifs is 2. The van der Waals surface area contributed by atoms with Gasteiger partial charge in [0.25, 0.3) is 15.9 Å². The third kappa shape index (κ3) is 14.0. The highest BCUT2D eigenvalue weighted by atomic mass is 32.2. The molecule has 420 valence electrons. The summed E-state index contributed by atoms with van der Waals surface area (Å²) < 4.78 is 45.9. The van der Waals surface area contributed by atoms with Gasteiger partial charge in [-0.2, -0.15) is 0 Å². The van der Waals surface area contributed by atoms with E-state index in [1.165, 1.54) is 79.4 Å². The maximum Gasteiger partial charge on any atom is 0.300 e. The average molecular weight is 1090 g/mol. The zero-order valence-corrected chi connectivity index (χ0v) is 47.2. The van der Waals surface area contributed by atoms with Gasteiger partial charge in [-0.05, 0) is 132 Å². The lowest BCUT2D eigenvalue weighted by Crippen LogP contribution is -2.52. The number of ether oxygens (including phenoxy) is 2. The number of nitrogens with one attached hydrogen (secondary N) is 3. The summed E-state index contributed by atoms with van der Waals surface area (Å²) in [7, 11) is -0.838. The highest BCUT2D eigenvalue weighted by Gasteiger charge is 2.56. The molecule has 0 spiro atoms. The summed E-state index contributed by atoms with van der Waals surface area (Å²) in [5, 5.41) is 28.0. The van der Waals surface area contributed by atoms with Crippen LogP contribution >= 0.6 is 0 Å². The number of unbranched alkanes of at least 4 members (excludes halogenated alkanes) is 8. The average Bonchev–Trinajstić information content (AvgIpc) is 4.02. The van der Waals surface area contributed by atoms with Crippen molar-refractivity contribution in [3.8, 4) is 11.5 Å². The molecule has 2 heterocycles. The highest BCUT2D eigenvalue weighted by molar-refractivity contribution is 7.89. The summed E-state index contributed by atoms with van der Waals surface area (Å²) in [5.41, 5.74) is 4.86. The molecule has 2 bridgehead atoms. The molecule has 0 unspecified atom stereocenters. The molecule has 19 heteroatoms. The van der Waals surface area contributed by atoms with Crippen LogP contribution in [0.5, 0.6) is 11.5 Å². The van der Waals surface area contributed by atoms with Crippen LogP contribution in [-0.2, 0) is 31.6 Å². The SMILES string of the molecule is CCCCCCC(C)(C)c1cc(OC)c([C@H]2C=C(CNC(=O)CCCCCCNC(=O)c3ccc(S(=O)(=O)N(Cc4ccccn4)C(=O)CCCCCNc4ccc([N+](=O)[O-])c5nonc45)cc3)[C@H]3C[C@@H]2C3(C)C)c(OC)c1. The van der Waals surface area contributed by atoms with Crippen molar-refractivity contribution in [2.75, 3.05) is 39.2 Å². The lowest BCUT2D eigenvalue weighted by molar-refractivity contribution is -0.383. The van der Waals surface area contributed by atoms with E-state index in [4.69, 9.17) is 14.1 Å². The molecular weight excluding hydrogens is 1010 g/mol. The molecule has 3 aliphatic carbocycles. The number of hydrogen-bond acceptors (Lipinski definition) is 14. The molecule has 18 nitrogen and oxygen atoms in total. The molecular formula is C59H78N8O10S. The van der Waals surface area contributed by atoms with Crippen LogP contribution in [0, 0.1) is 27.4 Å². The molecule has 78 heavy (non-hydrogen) atoms. The van der Waals surface area contributed by atoms with Crippen LogP contribution in [-0.4, -0.2) is 84.5 Å². The molecule has 8 rings (SSSR count). The molecule has 3 amide bonds. The Balaban J connectivity index is 0.840. The Morgan fingerprint density at radius 1 is 0.846 bits per heavy atom. The number of pyridine rings is 1. The number of aromatic nitrogens is 3. The monoisotopic (exact) mass is 1090 g/mol. The summed E-state index contributed by atoms with van der Waals surface area (Å²) in [6.45, 7) is 12.6. The van der Waals surface area contributed by atoms with Gasteiger partial charge in [0.2, 0.25) is 17.3 Å². The fraction of sp³-hybridized carbons (Fsp3) is 0.525. The largest absolute Gasteiger partial charge is 0.496 e. The van der Waals surface area contributed by atoms with Crippen LogP contribution in [0.1, 0.15) is 164 Å². The van der Waals surface area contributed by atoms with E-state index in [-0.39, 0.29) is 68.7 Å². The number of anilines is 1. The fourth-order valence-electron chi connectivity index (χ4n) is 11.2. The van der Waals surface area contributed by atoms with Gasteiger partial charge >= 0.3 is 5.69 Å². The van der Waals surface area contributed by atoms with Crippen molar-refractivity contribution in [2.45, 2.75) is 154 Å². The molecule has 0 radical (unpaired) electrons. The summed E-state index contributed by atoms with van der Waals surface area (Å²) in [5.74, 6) is 1.74. The molecule has 3 aromatic carbocycles. The molecule has 0 saturated heterocycles. The van der Waals surface area contributed by atoms with Crippen LogP contribution in [0.15, 0.2) is 94.1 Å². The van der Waals surface area contributed by atoms with Crippen LogP contribution < -0.4 is 25.4 Å². The number of benzene rings is 3. The summed E-state index contributed by atoms with van der Waals surface area (Å²) in [6.07, 6.45) is 15.9. The Bertz CT molecular complexity index is 2990. The van der Waals surface area contributed by atoms with Gasteiger partial charge in [-0.1, -0.05) is 97.3 Å². The Hall–Kier alpha value is -6.89. The number of sulfonamides is 1. The number of allylic oxidation sites excluding steroid dienone is 1. The zero-order chi connectivity index (χ0) is 56.0. The molecule has 0 aliphatic heterocycles. The van der Waals surface area contributed by atoms with Gasteiger partial charge in [0.05, 0.1) is 42.0 Å². The molecule has 1 fully saturated rings. The maximum atomic E-state index is 14.0. The van der Waals surface area contributed by atoms with Crippen molar-refractivity contribution in [3.63, 3.8) is 0 Å². The van der Waals surface area contributed by atoms with E-state index in [1.807, 2.05) is 0 Å². The summed E-state index contributed by atoms with van der Waals surface area (Å²) >= 11 is 0. The van der Waals surface area contributed by atoms with Gasteiger partial charge in [0.1, 0.15) is 11.5 Å². The van der Waals surface area contributed by atoms with Crippen LogP contribution in [0.3, 0.4) is 0 Å². The van der Waals surface area contributed by atoms with E-state index in [0.29, 0.717) is 75.0 Å².